The van der Waals surface area contributed by atoms with E-state index in [1.165, 1.54) is 24.6 Å². The molecule has 0 aromatic carbocycles. The molecule has 0 aliphatic rings. The molecule has 0 rings (SSSR count). The molecule has 0 aliphatic heterocycles. The van der Waals surface area contributed by atoms with Crippen molar-refractivity contribution in [2.75, 3.05) is 0 Å². The van der Waals surface area contributed by atoms with Gasteiger partial charge in [0.05, 0.1) is 0 Å². The third-order valence-corrected chi connectivity index (χ3v) is 2.29. The van der Waals surface area contributed by atoms with Crippen molar-refractivity contribution in [3.8, 4) is 5.40 Å². The van der Waals surface area contributed by atoms with E-state index in [0.717, 1.165) is 6.42 Å². The molecule has 1 unspecified atom stereocenters. The van der Waals surface area contributed by atoms with Gasteiger partial charge in [0, 0.05) is 5.25 Å². The van der Waals surface area contributed by atoms with Crippen LogP contribution < -0.4 is 0 Å². The maximum Gasteiger partial charge on any atom is 0.133 e. The van der Waals surface area contributed by atoms with Crippen molar-refractivity contribution >= 4 is 11.8 Å². The van der Waals surface area contributed by atoms with Crippen LogP contribution in [0.1, 0.15) is 33.1 Å². The van der Waals surface area contributed by atoms with Gasteiger partial charge in [-0.1, -0.05) is 20.3 Å². The van der Waals surface area contributed by atoms with Crippen LogP contribution in [0.2, 0.25) is 0 Å². The fourth-order valence-electron chi connectivity index (χ4n) is 0.743. The van der Waals surface area contributed by atoms with Crippen molar-refractivity contribution in [2.45, 2.75) is 38.4 Å². The van der Waals surface area contributed by atoms with Gasteiger partial charge in [-0.05, 0) is 24.6 Å². The SMILES string of the molecule is CCCC(CC)SC#N. The normalized spacial score (nSPS) is 12.6. The Balaban J connectivity index is 3.32. The lowest BCUT2D eigenvalue weighted by molar-refractivity contribution is 0.722. The van der Waals surface area contributed by atoms with Crippen LogP contribution in [-0.4, -0.2) is 5.25 Å². The summed E-state index contributed by atoms with van der Waals surface area (Å²) in [5.41, 5.74) is 0. The quantitative estimate of drug-likeness (QED) is 0.565. The summed E-state index contributed by atoms with van der Waals surface area (Å²) in [6.07, 6.45) is 3.48. The highest BCUT2D eigenvalue weighted by Crippen LogP contribution is 2.17. The second-order valence-corrected chi connectivity index (χ2v) is 3.11. The molecule has 2 heteroatoms. The zero-order chi connectivity index (χ0) is 7.11. The minimum Gasteiger partial charge on any atom is -0.185 e. The molecule has 0 aromatic heterocycles. The highest BCUT2D eigenvalue weighted by molar-refractivity contribution is 8.04. The third kappa shape index (κ3) is 4.35. The summed E-state index contributed by atoms with van der Waals surface area (Å²) >= 11 is 1.41. The van der Waals surface area contributed by atoms with Crippen molar-refractivity contribution in [1.82, 2.24) is 0 Å². The minimum atomic E-state index is 0.569. The Bertz CT molecular complexity index is 95.6. The van der Waals surface area contributed by atoms with Crippen LogP contribution in [0.4, 0.5) is 0 Å². The first-order valence-corrected chi connectivity index (χ1v) is 4.27. The Hall–Kier alpha value is -0.160. The zero-order valence-corrected chi connectivity index (χ0v) is 6.87. The van der Waals surface area contributed by atoms with E-state index >= 15 is 0 Å². The molecule has 0 N–H and O–H groups in total. The molecule has 0 bridgehead atoms. The van der Waals surface area contributed by atoms with Gasteiger partial charge < -0.3 is 0 Å². The number of hydrogen-bond donors (Lipinski definition) is 0. The number of thiocyanates is 1. The lowest BCUT2D eigenvalue weighted by Gasteiger charge is -2.05. The first kappa shape index (κ1) is 8.84. The number of hydrogen-bond acceptors (Lipinski definition) is 2. The smallest absolute Gasteiger partial charge is 0.133 e. The maximum absolute atomic E-state index is 8.31. The summed E-state index contributed by atoms with van der Waals surface area (Å²) in [4.78, 5) is 0. The summed E-state index contributed by atoms with van der Waals surface area (Å²) < 4.78 is 0. The Morgan fingerprint density at radius 1 is 1.56 bits per heavy atom. The topological polar surface area (TPSA) is 23.8 Å². The van der Waals surface area contributed by atoms with E-state index in [9.17, 15) is 0 Å². The summed E-state index contributed by atoms with van der Waals surface area (Å²) in [6.45, 7) is 4.28. The molecule has 0 amide bonds. The molecular weight excluding hydrogens is 130 g/mol. The van der Waals surface area contributed by atoms with Gasteiger partial charge in [-0.15, -0.1) is 0 Å². The van der Waals surface area contributed by atoms with E-state index in [-0.39, 0.29) is 0 Å². The maximum atomic E-state index is 8.31. The first-order chi connectivity index (χ1) is 4.35. The summed E-state index contributed by atoms with van der Waals surface area (Å²) in [7, 11) is 0. The Morgan fingerprint density at radius 2 is 2.22 bits per heavy atom. The predicted molar refractivity (Wildman–Crippen MR) is 42.2 cm³/mol. The van der Waals surface area contributed by atoms with Crippen LogP contribution in [0, 0.1) is 10.7 Å². The van der Waals surface area contributed by atoms with Crippen molar-refractivity contribution in [3.63, 3.8) is 0 Å². The summed E-state index contributed by atoms with van der Waals surface area (Å²) in [6, 6.07) is 0. The second-order valence-electron chi connectivity index (χ2n) is 2.03. The molecule has 1 atom stereocenters. The van der Waals surface area contributed by atoms with E-state index in [1.54, 1.807) is 0 Å². The van der Waals surface area contributed by atoms with E-state index in [0.29, 0.717) is 5.25 Å². The molecule has 9 heavy (non-hydrogen) atoms. The lowest BCUT2D eigenvalue weighted by atomic mass is 10.2. The first-order valence-electron chi connectivity index (χ1n) is 3.39. The molecule has 0 spiro atoms. The van der Waals surface area contributed by atoms with Crippen LogP contribution in [0.5, 0.6) is 0 Å². The Kier molecular flexibility index (Phi) is 5.86. The van der Waals surface area contributed by atoms with Gasteiger partial charge in [0.1, 0.15) is 5.40 Å². The van der Waals surface area contributed by atoms with Gasteiger partial charge in [0.15, 0.2) is 0 Å². The molecule has 0 fully saturated rings. The average molecular weight is 143 g/mol. The predicted octanol–water partition coefficient (Wildman–Crippen LogP) is 2.78. The van der Waals surface area contributed by atoms with Gasteiger partial charge >= 0.3 is 0 Å². The number of nitriles is 1. The largest absolute Gasteiger partial charge is 0.185 e. The zero-order valence-electron chi connectivity index (χ0n) is 6.05. The summed E-state index contributed by atoms with van der Waals surface area (Å²) in [5.74, 6) is 0. The number of thioether (sulfide) groups is 1. The van der Waals surface area contributed by atoms with Crippen molar-refractivity contribution in [3.05, 3.63) is 0 Å². The molecule has 0 radical (unpaired) electrons. The van der Waals surface area contributed by atoms with Gasteiger partial charge in [-0.25, -0.2) is 0 Å². The molecule has 0 saturated carbocycles. The van der Waals surface area contributed by atoms with Gasteiger partial charge in [0.2, 0.25) is 0 Å². The Labute approximate surface area is 61.4 Å². The van der Waals surface area contributed by atoms with Gasteiger partial charge in [0.25, 0.3) is 0 Å². The van der Waals surface area contributed by atoms with E-state index in [4.69, 9.17) is 5.26 Å². The van der Waals surface area contributed by atoms with Crippen LogP contribution >= 0.6 is 11.8 Å². The molecule has 0 aromatic rings. The molecule has 52 valence electrons. The van der Waals surface area contributed by atoms with Crippen molar-refractivity contribution in [2.24, 2.45) is 0 Å². The van der Waals surface area contributed by atoms with Crippen molar-refractivity contribution in [1.29, 1.82) is 5.26 Å². The standard InChI is InChI=1S/C7H13NS/c1-3-5-7(4-2)9-6-8/h7H,3-5H2,1-2H3. The monoisotopic (exact) mass is 143 g/mol. The highest BCUT2D eigenvalue weighted by atomic mass is 32.2. The van der Waals surface area contributed by atoms with Gasteiger partial charge in [-0.3, -0.25) is 0 Å². The molecule has 0 saturated heterocycles. The van der Waals surface area contributed by atoms with Crippen molar-refractivity contribution < 1.29 is 0 Å². The molecule has 0 heterocycles. The minimum absolute atomic E-state index is 0.569. The number of nitrogens with zero attached hydrogens (tertiary/aromatic N) is 1. The van der Waals surface area contributed by atoms with E-state index < -0.39 is 0 Å². The van der Waals surface area contributed by atoms with E-state index in [2.05, 4.69) is 19.2 Å². The second kappa shape index (κ2) is 5.97. The fraction of sp³-hybridized carbons (Fsp3) is 0.857. The van der Waals surface area contributed by atoms with Crippen LogP contribution in [0.25, 0.3) is 0 Å². The van der Waals surface area contributed by atoms with Crippen LogP contribution in [0.15, 0.2) is 0 Å². The highest BCUT2D eigenvalue weighted by Gasteiger charge is 2.02. The van der Waals surface area contributed by atoms with Crippen LogP contribution in [0.3, 0.4) is 0 Å². The third-order valence-electron chi connectivity index (χ3n) is 1.29. The van der Waals surface area contributed by atoms with Crippen LogP contribution in [-0.2, 0) is 0 Å². The van der Waals surface area contributed by atoms with Gasteiger partial charge in [-0.2, -0.15) is 5.26 Å². The lowest BCUT2D eigenvalue weighted by Crippen LogP contribution is -1.97. The molecule has 0 aliphatic carbocycles. The average Bonchev–Trinajstić information content (AvgIpc) is 1.88. The number of rotatable bonds is 4. The Morgan fingerprint density at radius 3 is 2.56 bits per heavy atom. The molecular formula is C7H13NS. The summed E-state index contributed by atoms with van der Waals surface area (Å²) in [5, 5.41) is 11.0. The molecule has 1 nitrogen and oxygen atoms in total. The fourth-order valence-corrected chi connectivity index (χ4v) is 1.41. The van der Waals surface area contributed by atoms with E-state index in [1.807, 2.05) is 0 Å².